The molecule has 0 radical (unpaired) electrons. The summed E-state index contributed by atoms with van der Waals surface area (Å²) in [5, 5.41) is 3.18. The molecule has 0 aromatic heterocycles. The summed E-state index contributed by atoms with van der Waals surface area (Å²) in [5.74, 6) is -0.113. The van der Waals surface area contributed by atoms with E-state index in [2.05, 4.69) is 5.32 Å². The van der Waals surface area contributed by atoms with Crippen LogP contribution in [0.2, 0.25) is 5.02 Å². The second-order valence-corrected chi connectivity index (χ2v) is 7.08. The van der Waals surface area contributed by atoms with E-state index in [0.717, 1.165) is 12.8 Å². The van der Waals surface area contributed by atoms with Crippen LogP contribution in [-0.4, -0.2) is 38.7 Å². The molecule has 30 heavy (non-hydrogen) atoms. The molecule has 0 saturated carbocycles. The number of carbonyl (C=O) groups excluding carboxylic acids is 2. The first-order valence-corrected chi connectivity index (χ1v) is 9.90. The van der Waals surface area contributed by atoms with E-state index < -0.39 is 5.97 Å². The predicted molar refractivity (Wildman–Crippen MR) is 117 cm³/mol. The number of aryl methyl sites for hydroxylation is 1. The minimum absolute atomic E-state index is 0.0270. The molecule has 0 bridgehead atoms. The van der Waals surface area contributed by atoms with E-state index in [-0.39, 0.29) is 18.6 Å². The summed E-state index contributed by atoms with van der Waals surface area (Å²) in [7, 11) is 2.99. The Morgan fingerprint density at radius 2 is 1.87 bits per heavy atom. The molecule has 160 valence electrons. The third kappa shape index (κ3) is 7.44. The van der Waals surface area contributed by atoms with Gasteiger partial charge >= 0.3 is 5.97 Å². The highest BCUT2D eigenvalue weighted by Crippen LogP contribution is 2.36. The molecule has 2 aromatic rings. The fourth-order valence-corrected chi connectivity index (χ4v) is 3.10. The van der Waals surface area contributed by atoms with Crippen LogP contribution in [0.1, 0.15) is 24.5 Å². The van der Waals surface area contributed by atoms with E-state index >= 15 is 0 Å². The monoisotopic (exact) mass is 431 g/mol. The third-order valence-electron chi connectivity index (χ3n) is 4.33. The van der Waals surface area contributed by atoms with Crippen LogP contribution in [0.5, 0.6) is 11.5 Å². The molecule has 0 saturated heterocycles. The maximum atomic E-state index is 12.0. The second-order valence-electron chi connectivity index (χ2n) is 6.67. The maximum Gasteiger partial charge on any atom is 0.331 e. The Labute approximate surface area is 181 Å². The van der Waals surface area contributed by atoms with Gasteiger partial charge in [-0.15, -0.1) is 0 Å². The summed E-state index contributed by atoms with van der Waals surface area (Å²) in [5.41, 5.74) is 1.85. The van der Waals surface area contributed by atoms with E-state index in [1.54, 1.807) is 12.1 Å². The minimum atomic E-state index is -0.631. The van der Waals surface area contributed by atoms with Gasteiger partial charge in [-0.25, -0.2) is 4.79 Å². The molecule has 6 nitrogen and oxygen atoms in total. The molecular weight excluding hydrogens is 406 g/mol. The van der Waals surface area contributed by atoms with E-state index in [9.17, 15) is 9.59 Å². The number of hydrogen-bond acceptors (Lipinski definition) is 5. The number of amides is 1. The van der Waals surface area contributed by atoms with Gasteiger partial charge in [0.1, 0.15) is 0 Å². The first kappa shape index (κ1) is 23.3. The molecule has 7 heteroatoms. The number of ether oxygens (including phenoxy) is 3. The lowest BCUT2D eigenvalue weighted by Crippen LogP contribution is -2.36. The van der Waals surface area contributed by atoms with E-state index in [1.165, 1.54) is 31.9 Å². The standard InChI is InChI=1S/C23H26ClNO5/c1-16(9-10-17-7-5-4-6-8-17)25-21(26)15-30-22(27)12-11-18-13-19(24)23(29-3)20(14-18)28-2/h4-8,11-14,16H,9-10,15H2,1-3H3,(H,25,26)/b12-11+. The third-order valence-corrected chi connectivity index (χ3v) is 4.61. The quantitative estimate of drug-likeness (QED) is 0.453. The van der Waals surface area contributed by atoms with Gasteiger partial charge in [-0.3, -0.25) is 4.79 Å². The topological polar surface area (TPSA) is 73.9 Å². The zero-order valence-electron chi connectivity index (χ0n) is 17.3. The summed E-state index contributed by atoms with van der Waals surface area (Å²) >= 11 is 6.14. The zero-order valence-corrected chi connectivity index (χ0v) is 18.1. The predicted octanol–water partition coefficient (Wildman–Crippen LogP) is 4.05. The number of rotatable bonds is 10. The Morgan fingerprint density at radius 3 is 2.53 bits per heavy atom. The molecule has 2 rings (SSSR count). The number of methoxy groups -OCH3 is 2. The molecular formula is C23H26ClNO5. The highest BCUT2D eigenvalue weighted by Gasteiger charge is 2.11. The van der Waals surface area contributed by atoms with Crippen molar-refractivity contribution in [3.05, 3.63) is 64.7 Å². The van der Waals surface area contributed by atoms with Crippen LogP contribution in [-0.2, 0) is 20.7 Å². The van der Waals surface area contributed by atoms with Crippen molar-refractivity contribution < 1.29 is 23.8 Å². The van der Waals surface area contributed by atoms with Crippen LogP contribution in [0.4, 0.5) is 0 Å². The smallest absolute Gasteiger partial charge is 0.331 e. The van der Waals surface area contributed by atoms with E-state index in [4.69, 9.17) is 25.8 Å². The van der Waals surface area contributed by atoms with Crippen molar-refractivity contribution >= 4 is 29.6 Å². The highest BCUT2D eigenvalue weighted by atomic mass is 35.5. The lowest BCUT2D eigenvalue weighted by atomic mass is 10.1. The fraction of sp³-hybridized carbons (Fsp3) is 0.304. The van der Waals surface area contributed by atoms with Crippen LogP contribution in [0, 0.1) is 0 Å². The number of nitrogens with one attached hydrogen (secondary N) is 1. The highest BCUT2D eigenvalue weighted by molar-refractivity contribution is 6.32. The Morgan fingerprint density at radius 1 is 1.13 bits per heavy atom. The van der Waals surface area contributed by atoms with Gasteiger partial charge in [0.05, 0.1) is 19.2 Å². The average Bonchev–Trinajstić information content (AvgIpc) is 2.75. The Balaban J connectivity index is 1.78. The largest absolute Gasteiger partial charge is 0.493 e. The van der Waals surface area contributed by atoms with Crippen LogP contribution in [0.25, 0.3) is 6.08 Å². The molecule has 0 heterocycles. The van der Waals surface area contributed by atoms with Gasteiger partial charge in [0.15, 0.2) is 18.1 Å². The second kappa shape index (κ2) is 11.9. The molecule has 2 aromatic carbocycles. The molecule has 0 aliphatic carbocycles. The number of carbonyl (C=O) groups is 2. The van der Waals surface area contributed by atoms with Crippen molar-refractivity contribution in [2.75, 3.05) is 20.8 Å². The van der Waals surface area contributed by atoms with Crippen molar-refractivity contribution in [3.8, 4) is 11.5 Å². The average molecular weight is 432 g/mol. The van der Waals surface area contributed by atoms with Crippen LogP contribution in [0.15, 0.2) is 48.5 Å². The normalized spacial score (nSPS) is 11.7. The fourth-order valence-electron chi connectivity index (χ4n) is 2.80. The van der Waals surface area contributed by atoms with Crippen molar-refractivity contribution in [2.24, 2.45) is 0 Å². The summed E-state index contributed by atoms with van der Waals surface area (Å²) < 4.78 is 15.4. The molecule has 0 aliphatic heterocycles. The van der Waals surface area contributed by atoms with Gasteiger partial charge in [0.25, 0.3) is 5.91 Å². The number of esters is 1. The SMILES string of the molecule is COc1cc(/C=C/C(=O)OCC(=O)NC(C)CCc2ccccc2)cc(Cl)c1OC. The van der Waals surface area contributed by atoms with Crippen molar-refractivity contribution in [3.63, 3.8) is 0 Å². The van der Waals surface area contributed by atoms with Gasteiger partial charge in [-0.05, 0) is 49.1 Å². The van der Waals surface area contributed by atoms with Gasteiger partial charge in [-0.1, -0.05) is 41.9 Å². The molecule has 0 fully saturated rings. The first-order valence-electron chi connectivity index (χ1n) is 9.52. The Hall–Kier alpha value is -2.99. The molecule has 1 unspecified atom stereocenters. The van der Waals surface area contributed by atoms with Gasteiger partial charge in [-0.2, -0.15) is 0 Å². The van der Waals surface area contributed by atoms with Crippen molar-refractivity contribution in [1.82, 2.24) is 5.32 Å². The lowest BCUT2D eigenvalue weighted by Gasteiger charge is -2.13. The molecule has 1 N–H and O–H groups in total. The first-order chi connectivity index (χ1) is 14.4. The van der Waals surface area contributed by atoms with Crippen LogP contribution >= 0.6 is 11.6 Å². The maximum absolute atomic E-state index is 12.0. The summed E-state index contributed by atoms with van der Waals surface area (Å²) in [6.07, 6.45) is 4.41. The van der Waals surface area contributed by atoms with Crippen LogP contribution in [0.3, 0.4) is 0 Å². The lowest BCUT2D eigenvalue weighted by molar-refractivity contribution is -0.144. The molecule has 1 amide bonds. The minimum Gasteiger partial charge on any atom is -0.493 e. The summed E-state index contributed by atoms with van der Waals surface area (Å²) in [6.45, 7) is 1.58. The Kier molecular flexibility index (Phi) is 9.22. The number of benzene rings is 2. The van der Waals surface area contributed by atoms with Crippen molar-refractivity contribution in [1.29, 1.82) is 0 Å². The van der Waals surface area contributed by atoms with Gasteiger partial charge < -0.3 is 19.5 Å². The van der Waals surface area contributed by atoms with Crippen LogP contribution < -0.4 is 14.8 Å². The zero-order chi connectivity index (χ0) is 21.9. The van der Waals surface area contributed by atoms with E-state index in [1.807, 2.05) is 37.3 Å². The number of hydrogen-bond donors (Lipinski definition) is 1. The van der Waals surface area contributed by atoms with Gasteiger partial charge in [0.2, 0.25) is 0 Å². The molecule has 1 atom stereocenters. The molecule has 0 aliphatic rings. The summed E-state index contributed by atoms with van der Waals surface area (Å²) in [6, 6.07) is 13.3. The number of halogens is 1. The Bertz CT molecular complexity index is 883. The molecule has 0 spiro atoms. The van der Waals surface area contributed by atoms with Crippen molar-refractivity contribution in [2.45, 2.75) is 25.8 Å². The van der Waals surface area contributed by atoms with Gasteiger partial charge in [0, 0.05) is 12.1 Å². The van der Waals surface area contributed by atoms with E-state index in [0.29, 0.717) is 22.1 Å². The summed E-state index contributed by atoms with van der Waals surface area (Å²) in [4.78, 5) is 23.9.